The maximum absolute atomic E-state index is 15.5. The highest BCUT2D eigenvalue weighted by Gasteiger charge is 2.36. The zero-order valence-electron chi connectivity index (χ0n) is 73.0. The minimum absolute atomic E-state index is 0.0829. The highest BCUT2D eigenvalue weighted by Crippen LogP contribution is 2.37. The summed E-state index contributed by atoms with van der Waals surface area (Å²) >= 11 is 0. The second-order valence-corrected chi connectivity index (χ2v) is 31.7. The summed E-state index contributed by atoms with van der Waals surface area (Å²) < 4.78 is 65.6. The number of unbranched alkanes of at least 4 members (excludes halogenated alkanes) is 9. The van der Waals surface area contributed by atoms with Gasteiger partial charge in [-0.15, -0.1) is 30.6 Å². The molecule has 1 aliphatic carbocycles. The summed E-state index contributed by atoms with van der Waals surface area (Å²) in [6, 6.07) is 10.6. The Kier molecular flexibility index (Phi) is 38.6. The first-order chi connectivity index (χ1) is 59.8. The normalized spacial score (nSPS) is 13.2. The van der Waals surface area contributed by atoms with E-state index >= 15 is 4.39 Å². The third-order valence-corrected chi connectivity index (χ3v) is 21.2. The third-order valence-electron chi connectivity index (χ3n) is 21.2. The quantitative estimate of drug-likeness (QED) is 0.0203. The predicted molar refractivity (Wildman–Crippen MR) is 459 cm³/mol. The summed E-state index contributed by atoms with van der Waals surface area (Å²) in [6.07, 6.45) is 33.6. The lowest BCUT2D eigenvalue weighted by Gasteiger charge is -2.20. The fourth-order valence-electron chi connectivity index (χ4n) is 14.6. The minimum atomic E-state index is -2.06. The molecule has 34 heteroatoms. The van der Waals surface area contributed by atoms with Crippen LogP contribution < -0.4 is 49.7 Å². The highest BCUT2D eigenvalue weighted by molar-refractivity contribution is 5.97. The number of benzene rings is 3. The average molecular weight is 1700 g/mol. The van der Waals surface area contributed by atoms with Crippen LogP contribution in [0, 0.1) is 11.8 Å². The van der Waals surface area contributed by atoms with Crippen molar-refractivity contribution in [3.63, 3.8) is 0 Å². The van der Waals surface area contributed by atoms with E-state index < -0.39 is 11.5 Å². The number of alkyl halides is 1. The Morgan fingerprint density at radius 2 is 0.650 bits per heavy atom. The molecule has 123 heavy (non-hydrogen) atoms. The molecule has 1 aliphatic rings. The smallest absolute Gasteiger partial charge is 0.251 e. The fourth-order valence-corrected chi connectivity index (χ4v) is 14.6. The van der Waals surface area contributed by atoms with Gasteiger partial charge in [-0.05, 0) is 216 Å². The van der Waals surface area contributed by atoms with E-state index in [2.05, 4.69) is 95.0 Å². The van der Waals surface area contributed by atoms with Crippen molar-refractivity contribution >= 4 is 29.4 Å². The Morgan fingerprint density at radius 3 is 0.943 bits per heavy atom. The number of carbonyl (C=O) groups is 5. The lowest BCUT2D eigenvalue weighted by Crippen LogP contribution is -2.32. The van der Waals surface area contributed by atoms with Gasteiger partial charge in [-0.3, -0.25) is 52.1 Å². The number of carbonyl (C=O) groups excluding carboxylic acids is 5. The van der Waals surface area contributed by atoms with Crippen LogP contribution in [0.25, 0.3) is 0 Å². The number of aromatic nitrogens is 18. The van der Waals surface area contributed by atoms with E-state index in [0.717, 1.165) is 121 Å². The van der Waals surface area contributed by atoms with E-state index in [9.17, 15) is 24.0 Å². The average Bonchev–Trinajstić information content (AvgIpc) is 1.77. The van der Waals surface area contributed by atoms with Crippen molar-refractivity contribution in [1.82, 2.24) is 111 Å². The van der Waals surface area contributed by atoms with Gasteiger partial charge in [-0.2, -0.15) is 0 Å². The monoisotopic (exact) mass is 1700 g/mol. The Bertz CT molecular complexity index is 4630. The number of ketones is 1. The first-order valence-corrected chi connectivity index (χ1v) is 44.0. The summed E-state index contributed by atoms with van der Waals surface area (Å²) in [4.78, 5) is 69.1. The molecule has 0 fully saturated rings. The molecular weight excluding hydrogens is 1570 g/mol. The Labute approximate surface area is 720 Å². The van der Waals surface area contributed by atoms with Crippen LogP contribution in [0.3, 0.4) is 0 Å². The molecule has 6 heterocycles. The summed E-state index contributed by atoms with van der Waals surface area (Å²) in [6.45, 7) is 2.96. The molecule has 0 radical (unpaired) electrons. The molecule has 33 nitrogen and oxygen atoms in total. The predicted octanol–water partition coefficient (Wildman–Crippen LogP) is 10.6. The zero-order valence-corrected chi connectivity index (χ0v) is 73.0. The van der Waals surface area contributed by atoms with Gasteiger partial charge in [-0.25, -0.2) is 4.39 Å². The fraction of sp³-hybridized carbons (Fsp3) is 0.584. The van der Waals surface area contributed by atoms with Crippen molar-refractivity contribution in [2.75, 3.05) is 66.3 Å². The van der Waals surface area contributed by atoms with Gasteiger partial charge in [0.1, 0.15) is 34.5 Å². The van der Waals surface area contributed by atoms with Crippen LogP contribution in [0.2, 0.25) is 0 Å². The van der Waals surface area contributed by atoms with E-state index in [0.29, 0.717) is 239 Å². The van der Waals surface area contributed by atoms with Crippen molar-refractivity contribution < 1.29 is 56.8 Å². The lowest BCUT2D eigenvalue weighted by atomic mass is 9.89. The highest BCUT2D eigenvalue weighted by atomic mass is 19.1. The van der Waals surface area contributed by atoms with Gasteiger partial charge in [0.25, 0.3) is 17.7 Å². The molecule has 4 amide bonds. The van der Waals surface area contributed by atoms with Crippen LogP contribution in [0.5, 0.6) is 34.5 Å². The maximum Gasteiger partial charge on any atom is 0.251 e. The molecule has 0 bridgehead atoms. The number of rotatable bonds is 59. The molecule has 10 rings (SSSR count). The number of amides is 4. The Hall–Kier alpha value is -11.7. The van der Waals surface area contributed by atoms with E-state index in [1.54, 1.807) is 71.5 Å². The largest absolute Gasteiger partial charge is 0.493 e. The Balaban J connectivity index is 0.844. The summed E-state index contributed by atoms with van der Waals surface area (Å²) in [7, 11) is 12.6. The van der Waals surface area contributed by atoms with E-state index in [-0.39, 0.29) is 49.6 Å². The van der Waals surface area contributed by atoms with Crippen LogP contribution in [-0.4, -0.2) is 191 Å². The van der Waals surface area contributed by atoms with Crippen molar-refractivity contribution in [1.29, 1.82) is 0 Å². The molecule has 0 aliphatic heterocycles. The van der Waals surface area contributed by atoms with Gasteiger partial charge in [0.05, 0.1) is 73.8 Å². The van der Waals surface area contributed by atoms with Gasteiger partial charge in [0, 0.05) is 165 Å². The van der Waals surface area contributed by atoms with Crippen molar-refractivity contribution in [2.45, 2.75) is 230 Å². The van der Waals surface area contributed by atoms with Crippen molar-refractivity contribution in [2.24, 2.45) is 42.3 Å². The van der Waals surface area contributed by atoms with Crippen LogP contribution >= 0.6 is 0 Å². The number of nitrogens with zero attached hydrogens (tertiary/aromatic N) is 18. The molecule has 0 spiro atoms. The van der Waals surface area contributed by atoms with E-state index in [4.69, 9.17) is 28.4 Å². The first kappa shape index (κ1) is 93.6. The number of halogens is 1. The molecule has 1 unspecified atom stereocenters. The maximum atomic E-state index is 15.5. The van der Waals surface area contributed by atoms with E-state index in [1.807, 2.05) is 79.5 Å². The van der Waals surface area contributed by atoms with Gasteiger partial charge in [0.15, 0.2) is 5.78 Å². The third kappa shape index (κ3) is 32.3. The molecule has 1 atom stereocenters. The van der Waals surface area contributed by atoms with Crippen molar-refractivity contribution in [3.05, 3.63) is 141 Å². The standard InChI is InChI=1S/C89H125FN22O11/c1-91-86(115)66-54-78(118-48-23-15-32-69-60-107(2)101-95-69)76(79(55-66)119-49-24-16-33-70-61-108(3)102-96-70)39-30-46-93-88(117)68-58-82(122-52-27-19-36-73-64-111(6)105-99-73)77(83(59-68)123-53-28-20-37-74-65-112(7)106-100-74)40-31-47-94-87(116)67-56-80(120-50-25-17-34-71-62-109(4)103-97-71)75(81(57-67)121-51-26-18-35-72-63-110(5)104-98-72)38-29-45-92-85(114)42-14-10-9-13-41-84(113)89(90)43-21-11-8-12-22-44-89/h54-65H,8-21,23-43,45-53H2,1-7H3,(H,91,115)(H,92,114)(H,93,117)(H,94,116). The second kappa shape index (κ2) is 50.7. The number of Topliss-reactive ketones (excluding diaryl/α,β-unsaturated/α-hetero) is 1. The summed E-state index contributed by atoms with van der Waals surface area (Å²) in [5.74, 6) is 7.03. The molecular formula is C89H125FN22O11. The number of hydrogen-bond acceptors (Lipinski definition) is 23. The molecule has 6 aromatic heterocycles. The minimum Gasteiger partial charge on any atom is -0.493 e. The topological polar surface area (TPSA) is 373 Å². The van der Waals surface area contributed by atoms with Crippen LogP contribution in [0.4, 0.5) is 4.39 Å². The van der Waals surface area contributed by atoms with Gasteiger partial charge < -0.3 is 49.7 Å². The molecule has 4 N–H and O–H groups in total. The van der Waals surface area contributed by atoms with Gasteiger partial charge in [-0.1, -0.05) is 62.4 Å². The van der Waals surface area contributed by atoms with E-state index in [1.165, 1.54) is 0 Å². The number of hydrogen-bond donors (Lipinski definition) is 4. The van der Waals surface area contributed by atoms with Gasteiger partial charge >= 0.3 is 0 Å². The number of aryl methyl sites for hydroxylation is 12. The molecule has 3 aromatic carbocycles. The number of ether oxygens (including phenoxy) is 6. The molecule has 664 valence electrons. The van der Waals surface area contributed by atoms with Crippen LogP contribution in [0.1, 0.15) is 249 Å². The second-order valence-electron chi connectivity index (χ2n) is 31.7. The molecule has 9 aromatic rings. The molecule has 0 saturated carbocycles. The van der Waals surface area contributed by atoms with Crippen molar-refractivity contribution in [3.8, 4) is 46.3 Å². The van der Waals surface area contributed by atoms with Crippen LogP contribution in [-0.2, 0) is 110 Å². The summed E-state index contributed by atoms with van der Waals surface area (Å²) in [5, 5.41) is 62.4. The zero-order chi connectivity index (χ0) is 86.8. The lowest BCUT2D eigenvalue weighted by molar-refractivity contribution is -0.128. The number of nitrogens with one attached hydrogen (secondary N) is 4. The SMILES string of the molecule is CNC(=O)c1cc(OCCCCc2cn(C)nn2)c(CCCNC(=O)c2cc(OCCCCc3cn(C)nn3)c(CCCNC(=O)c3cc(OCCCCc4cn(C)nn4)c(CCCNC(=O)CCCCCCC(=O)C4(F)C#CCCCCC4)c(OCCCCc4cn(C)nn4)c3)c(OCCCCc3cn(C)nn3)c2)c(OCCCCc2cn(C)nn2)c1. The summed E-state index contributed by atoms with van der Waals surface area (Å²) in [5.41, 5.74) is 6.60. The molecule has 0 saturated heterocycles. The van der Waals surface area contributed by atoms with Crippen LogP contribution in [0.15, 0.2) is 73.6 Å². The van der Waals surface area contributed by atoms with Gasteiger partial charge in [0.2, 0.25) is 11.6 Å². The first-order valence-electron chi connectivity index (χ1n) is 44.0. The Morgan fingerprint density at radius 1 is 0.358 bits per heavy atom.